The summed E-state index contributed by atoms with van der Waals surface area (Å²) < 4.78 is 6.76. The number of halogens is 1. The van der Waals surface area contributed by atoms with Gasteiger partial charge in [0.15, 0.2) is 0 Å². The number of ether oxygens (including phenoxy) is 1. The Labute approximate surface area is 154 Å². The lowest BCUT2D eigenvalue weighted by atomic mass is 10.1. The van der Waals surface area contributed by atoms with Crippen LogP contribution in [0.3, 0.4) is 0 Å². The molecule has 0 amide bonds. The Hall–Kier alpha value is -2.97. The van der Waals surface area contributed by atoms with Crippen LogP contribution < -0.4 is 5.32 Å². The molecule has 0 bridgehead atoms. The summed E-state index contributed by atoms with van der Waals surface area (Å²) in [6, 6.07) is 6.32. The quantitative estimate of drug-likeness (QED) is 0.656. The molecule has 0 fully saturated rings. The molecule has 2 heterocycles. The zero-order valence-corrected chi connectivity index (χ0v) is 14.6. The Bertz CT molecular complexity index is 911. The Kier molecular flexibility index (Phi) is 5.45. The summed E-state index contributed by atoms with van der Waals surface area (Å²) in [5, 5.41) is 16.6. The van der Waals surface area contributed by atoms with E-state index in [0.29, 0.717) is 35.4 Å². The van der Waals surface area contributed by atoms with E-state index in [-0.39, 0.29) is 5.56 Å². The maximum atomic E-state index is 11.0. The number of benzene rings is 1. The number of carboxylic acids is 1. The summed E-state index contributed by atoms with van der Waals surface area (Å²) in [5.74, 6) is -0.629. The Morgan fingerprint density at radius 1 is 1.31 bits per heavy atom. The number of anilines is 2. The molecule has 0 spiro atoms. The van der Waals surface area contributed by atoms with Crippen molar-refractivity contribution in [2.45, 2.75) is 6.54 Å². The number of aromatic carboxylic acids is 1. The third kappa shape index (κ3) is 4.16. The van der Waals surface area contributed by atoms with Crippen LogP contribution in [-0.4, -0.2) is 44.5 Å². The predicted octanol–water partition coefficient (Wildman–Crippen LogP) is 3.08. The summed E-state index contributed by atoms with van der Waals surface area (Å²) in [7, 11) is 1.63. The monoisotopic (exact) mass is 373 g/mol. The van der Waals surface area contributed by atoms with Gasteiger partial charge in [-0.2, -0.15) is 5.10 Å². The largest absolute Gasteiger partial charge is 0.478 e. The first-order chi connectivity index (χ1) is 12.6. The van der Waals surface area contributed by atoms with Crippen molar-refractivity contribution in [3.63, 3.8) is 0 Å². The highest BCUT2D eigenvalue weighted by molar-refractivity contribution is 6.32. The molecule has 0 aliphatic carbocycles. The summed E-state index contributed by atoms with van der Waals surface area (Å²) in [6.45, 7) is 1.20. The van der Waals surface area contributed by atoms with E-state index in [1.807, 2.05) is 6.20 Å². The minimum atomic E-state index is -0.988. The molecule has 8 nitrogen and oxygen atoms in total. The van der Waals surface area contributed by atoms with Crippen LogP contribution in [0.25, 0.3) is 11.3 Å². The third-order valence-electron chi connectivity index (χ3n) is 3.56. The number of nitrogens with zero attached hydrogens (tertiary/aromatic N) is 4. The first kappa shape index (κ1) is 17.8. The number of hydrogen-bond acceptors (Lipinski definition) is 6. The van der Waals surface area contributed by atoms with Gasteiger partial charge in [0.2, 0.25) is 5.95 Å². The Morgan fingerprint density at radius 3 is 2.77 bits per heavy atom. The highest BCUT2D eigenvalue weighted by atomic mass is 35.5. The van der Waals surface area contributed by atoms with Gasteiger partial charge in [-0.1, -0.05) is 23.7 Å². The lowest BCUT2D eigenvalue weighted by molar-refractivity contribution is 0.0697. The van der Waals surface area contributed by atoms with E-state index in [2.05, 4.69) is 20.4 Å². The molecule has 0 saturated carbocycles. The van der Waals surface area contributed by atoms with Gasteiger partial charge in [-0.25, -0.2) is 14.8 Å². The summed E-state index contributed by atoms with van der Waals surface area (Å²) in [6.07, 6.45) is 4.97. The van der Waals surface area contributed by atoms with Crippen molar-refractivity contribution in [3.8, 4) is 11.3 Å². The maximum Gasteiger partial charge on any atom is 0.335 e. The zero-order valence-electron chi connectivity index (χ0n) is 13.9. The molecule has 0 saturated heterocycles. The molecule has 3 aromatic rings. The lowest BCUT2D eigenvalue weighted by Crippen LogP contribution is -2.04. The molecular formula is C17H16ClN5O3. The second-order valence-electron chi connectivity index (χ2n) is 5.38. The van der Waals surface area contributed by atoms with Gasteiger partial charge in [0, 0.05) is 18.9 Å². The SMILES string of the molecule is COCCn1cc(Nc2ncc(Cl)c(-c3ccc(C(=O)O)cc3)n2)cn1. The second-order valence-corrected chi connectivity index (χ2v) is 5.79. The summed E-state index contributed by atoms with van der Waals surface area (Å²) in [5.41, 5.74) is 2.13. The van der Waals surface area contributed by atoms with Crippen LogP contribution in [0.1, 0.15) is 10.4 Å². The van der Waals surface area contributed by atoms with E-state index in [9.17, 15) is 4.79 Å². The smallest absolute Gasteiger partial charge is 0.335 e. The van der Waals surface area contributed by atoms with E-state index in [1.165, 1.54) is 18.3 Å². The first-order valence-corrected chi connectivity index (χ1v) is 8.09. The average molecular weight is 374 g/mol. The fourth-order valence-electron chi connectivity index (χ4n) is 2.26. The predicted molar refractivity (Wildman–Crippen MR) is 96.8 cm³/mol. The zero-order chi connectivity index (χ0) is 18.5. The van der Waals surface area contributed by atoms with Gasteiger partial charge < -0.3 is 15.2 Å². The molecule has 2 N–H and O–H groups in total. The molecule has 2 aromatic heterocycles. The van der Waals surface area contributed by atoms with E-state index >= 15 is 0 Å². The van der Waals surface area contributed by atoms with Gasteiger partial charge in [-0.05, 0) is 12.1 Å². The third-order valence-corrected chi connectivity index (χ3v) is 3.84. The number of carbonyl (C=O) groups is 1. The molecule has 0 aliphatic heterocycles. The number of carboxylic acid groups (broad SMARTS) is 1. The van der Waals surface area contributed by atoms with Crippen LogP contribution in [0.2, 0.25) is 5.02 Å². The number of aromatic nitrogens is 4. The molecule has 3 rings (SSSR count). The van der Waals surface area contributed by atoms with Crippen molar-refractivity contribution >= 4 is 29.2 Å². The molecule has 0 unspecified atom stereocenters. The van der Waals surface area contributed by atoms with Crippen molar-refractivity contribution in [1.82, 2.24) is 19.7 Å². The van der Waals surface area contributed by atoms with Gasteiger partial charge in [0.25, 0.3) is 0 Å². The number of methoxy groups -OCH3 is 1. The average Bonchev–Trinajstić information content (AvgIpc) is 3.09. The van der Waals surface area contributed by atoms with Crippen LogP contribution in [0.5, 0.6) is 0 Å². The Balaban J connectivity index is 1.81. The minimum absolute atomic E-state index is 0.195. The van der Waals surface area contributed by atoms with Crippen LogP contribution >= 0.6 is 11.6 Å². The van der Waals surface area contributed by atoms with Crippen LogP contribution in [0.4, 0.5) is 11.6 Å². The molecule has 0 radical (unpaired) electrons. The van der Waals surface area contributed by atoms with E-state index in [4.69, 9.17) is 21.4 Å². The van der Waals surface area contributed by atoms with E-state index < -0.39 is 5.97 Å². The lowest BCUT2D eigenvalue weighted by Gasteiger charge is -2.07. The van der Waals surface area contributed by atoms with Crippen molar-refractivity contribution in [3.05, 3.63) is 53.4 Å². The first-order valence-electron chi connectivity index (χ1n) is 7.71. The van der Waals surface area contributed by atoms with Gasteiger partial charge in [0.1, 0.15) is 0 Å². The highest BCUT2D eigenvalue weighted by Crippen LogP contribution is 2.27. The van der Waals surface area contributed by atoms with Gasteiger partial charge in [-0.15, -0.1) is 0 Å². The number of hydrogen-bond donors (Lipinski definition) is 2. The van der Waals surface area contributed by atoms with Crippen LogP contribution in [0, 0.1) is 0 Å². The fourth-order valence-corrected chi connectivity index (χ4v) is 2.46. The molecule has 9 heteroatoms. The second kappa shape index (κ2) is 7.94. The minimum Gasteiger partial charge on any atom is -0.478 e. The summed E-state index contributed by atoms with van der Waals surface area (Å²) in [4.78, 5) is 19.6. The fraction of sp³-hybridized carbons (Fsp3) is 0.176. The number of nitrogens with one attached hydrogen (secondary N) is 1. The normalized spacial score (nSPS) is 10.7. The van der Waals surface area contributed by atoms with Crippen molar-refractivity contribution in [1.29, 1.82) is 0 Å². The highest BCUT2D eigenvalue weighted by Gasteiger charge is 2.10. The maximum absolute atomic E-state index is 11.0. The van der Waals surface area contributed by atoms with Gasteiger partial charge >= 0.3 is 5.97 Å². The standard InChI is InChI=1S/C17H16ClN5O3/c1-26-7-6-23-10-13(8-20-23)21-17-19-9-14(18)15(22-17)11-2-4-12(5-3-11)16(24)25/h2-5,8-10H,6-7H2,1H3,(H,24,25)(H,19,21,22). The topological polar surface area (TPSA) is 102 Å². The summed E-state index contributed by atoms with van der Waals surface area (Å²) >= 11 is 6.20. The molecule has 0 aliphatic rings. The molecule has 0 atom stereocenters. The molecule has 1 aromatic carbocycles. The van der Waals surface area contributed by atoms with E-state index in [0.717, 1.165) is 5.69 Å². The van der Waals surface area contributed by atoms with Crippen molar-refractivity contribution in [2.75, 3.05) is 19.0 Å². The van der Waals surface area contributed by atoms with Crippen molar-refractivity contribution in [2.24, 2.45) is 0 Å². The molecule has 134 valence electrons. The molecule has 26 heavy (non-hydrogen) atoms. The van der Waals surface area contributed by atoms with E-state index in [1.54, 1.807) is 30.1 Å². The molecular weight excluding hydrogens is 358 g/mol. The van der Waals surface area contributed by atoms with Crippen LogP contribution in [-0.2, 0) is 11.3 Å². The van der Waals surface area contributed by atoms with Gasteiger partial charge in [-0.3, -0.25) is 4.68 Å². The van der Waals surface area contributed by atoms with Gasteiger partial charge in [0.05, 0.1) is 47.5 Å². The van der Waals surface area contributed by atoms with Crippen LogP contribution in [0.15, 0.2) is 42.9 Å². The van der Waals surface area contributed by atoms with Crippen molar-refractivity contribution < 1.29 is 14.6 Å². The number of rotatable bonds is 7. The Morgan fingerprint density at radius 2 is 2.08 bits per heavy atom.